The van der Waals surface area contributed by atoms with E-state index in [0.29, 0.717) is 38.6 Å². The molecule has 0 aliphatic rings. The number of hydrogen-bond donors (Lipinski definition) is 1. The van der Waals surface area contributed by atoms with E-state index in [2.05, 4.69) is 4.98 Å². The molecule has 0 atom stereocenters. The number of Topliss-reactive ketones (excluding diaryl/α,β-unsaturated/α-hetero) is 1. The largest absolute Gasteiger partial charge is 0.497 e. The summed E-state index contributed by atoms with van der Waals surface area (Å²) in [5.74, 6) is 1.72. The fourth-order valence-electron chi connectivity index (χ4n) is 2.68. The molecule has 0 aliphatic carbocycles. The Balaban J connectivity index is 1.93. The third kappa shape index (κ3) is 4.94. The summed E-state index contributed by atoms with van der Waals surface area (Å²) in [5, 5.41) is 0. The molecule has 0 saturated carbocycles. The van der Waals surface area contributed by atoms with Gasteiger partial charge in [-0.15, -0.1) is 11.3 Å². The molecule has 0 fully saturated rings. The molecule has 7 heteroatoms. The van der Waals surface area contributed by atoms with Crippen LogP contribution in [0.4, 0.5) is 0 Å². The number of aromatic amines is 1. The van der Waals surface area contributed by atoms with Crippen molar-refractivity contribution in [2.24, 2.45) is 0 Å². The molecule has 1 N–H and O–H groups in total. The number of thiazole rings is 1. The molecule has 2 aromatic carbocycles. The van der Waals surface area contributed by atoms with Crippen molar-refractivity contribution in [3.8, 4) is 17.2 Å². The lowest BCUT2D eigenvalue weighted by atomic mass is 10.1. The van der Waals surface area contributed by atoms with Crippen molar-refractivity contribution < 1.29 is 19.0 Å². The quantitative estimate of drug-likeness (QED) is 0.604. The second-order valence-corrected chi connectivity index (χ2v) is 7.09. The number of ether oxygens (including phenoxy) is 3. The fraction of sp³-hybridized carbons (Fsp3) is 0.182. The number of hydrogen-bond acceptors (Lipinski definition) is 6. The highest BCUT2D eigenvalue weighted by Crippen LogP contribution is 2.28. The van der Waals surface area contributed by atoms with Crippen LogP contribution in [-0.2, 0) is 0 Å². The molecule has 6 nitrogen and oxygen atoms in total. The highest BCUT2D eigenvalue weighted by Gasteiger charge is 2.06. The normalized spacial score (nSPS) is 12.1. The van der Waals surface area contributed by atoms with Crippen molar-refractivity contribution in [3.63, 3.8) is 0 Å². The number of carbonyl (C=O) groups excluding carboxylic acids is 1. The topological polar surface area (TPSA) is 77.6 Å². The number of rotatable bonds is 7. The van der Waals surface area contributed by atoms with Crippen LogP contribution in [0.2, 0.25) is 0 Å². The molecular weight excluding hydrogens is 390 g/mol. The lowest BCUT2D eigenvalue weighted by Crippen LogP contribution is -2.20. The van der Waals surface area contributed by atoms with Gasteiger partial charge >= 0.3 is 0 Å². The second kappa shape index (κ2) is 9.25. The third-order valence-electron chi connectivity index (χ3n) is 4.10. The molecule has 29 heavy (non-hydrogen) atoms. The summed E-state index contributed by atoms with van der Waals surface area (Å²) in [5.41, 5.74) is 1.06. The van der Waals surface area contributed by atoms with Gasteiger partial charge in [-0.3, -0.25) is 9.59 Å². The Labute approximate surface area is 171 Å². The van der Waals surface area contributed by atoms with Gasteiger partial charge in [-0.25, -0.2) is 0 Å². The van der Waals surface area contributed by atoms with Gasteiger partial charge in [0.2, 0.25) is 0 Å². The van der Waals surface area contributed by atoms with Gasteiger partial charge in [-0.2, -0.15) is 0 Å². The zero-order chi connectivity index (χ0) is 20.8. The number of benzene rings is 2. The van der Waals surface area contributed by atoms with Gasteiger partial charge < -0.3 is 19.2 Å². The van der Waals surface area contributed by atoms with Crippen molar-refractivity contribution in [1.29, 1.82) is 0 Å². The van der Waals surface area contributed by atoms with Crippen molar-refractivity contribution in [1.82, 2.24) is 4.98 Å². The van der Waals surface area contributed by atoms with E-state index < -0.39 is 0 Å². The zero-order valence-corrected chi connectivity index (χ0v) is 17.2. The minimum absolute atomic E-state index is 0.195. The molecule has 0 amide bonds. The predicted octanol–water partition coefficient (Wildman–Crippen LogP) is 2.34. The first kappa shape index (κ1) is 20.4. The number of aromatic nitrogens is 1. The first-order valence-corrected chi connectivity index (χ1v) is 9.77. The van der Waals surface area contributed by atoms with E-state index in [-0.39, 0.29) is 11.3 Å². The maximum Gasteiger partial charge on any atom is 0.266 e. The standard InChI is InChI=1S/C22H21NO5S/c1-4-28-19-11-14(5-10-18(19)27-3)12-20-22(25)23-21(29-20)13-17(24)15-6-8-16(26-2)9-7-15/h5-13H,4H2,1-3H3,(H,23,25)/b20-12+,21-13-. The summed E-state index contributed by atoms with van der Waals surface area (Å²) in [6.45, 7) is 2.40. The summed E-state index contributed by atoms with van der Waals surface area (Å²) in [6, 6.07) is 12.2. The Morgan fingerprint density at radius 2 is 1.83 bits per heavy atom. The van der Waals surface area contributed by atoms with Crippen LogP contribution in [0.1, 0.15) is 22.8 Å². The Bertz CT molecular complexity index is 1180. The van der Waals surface area contributed by atoms with Gasteiger partial charge in [0.05, 0.1) is 30.0 Å². The fourth-order valence-corrected chi connectivity index (χ4v) is 3.57. The summed E-state index contributed by atoms with van der Waals surface area (Å²) in [4.78, 5) is 27.5. The number of ketones is 1. The first-order chi connectivity index (χ1) is 14.0. The van der Waals surface area contributed by atoms with Crippen LogP contribution in [0.3, 0.4) is 0 Å². The highest BCUT2D eigenvalue weighted by molar-refractivity contribution is 7.07. The van der Waals surface area contributed by atoms with E-state index in [9.17, 15) is 9.59 Å². The molecule has 0 unspecified atom stereocenters. The zero-order valence-electron chi connectivity index (χ0n) is 16.4. The van der Waals surface area contributed by atoms with Crippen molar-refractivity contribution >= 4 is 29.3 Å². The van der Waals surface area contributed by atoms with Crippen LogP contribution in [0.25, 0.3) is 12.2 Å². The van der Waals surface area contributed by atoms with Crippen LogP contribution in [0, 0.1) is 0 Å². The molecule has 3 aromatic rings. The van der Waals surface area contributed by atoms with Gasteiger partial charge in [-0.05, 0) is 55.0 Å². The molecule has 1 heterocycles. The van der Waals surface area contributed by atoms with Crippen LogP contribution in [0.15, 0.2) is 47.3 Å². The smallest absolute Gasteiger partial charge is 0.266 e. The molecule has 0 aliphatic heterocycles. The van der Waals surface area contributed by atoms with E-state index in [1.807, 2.05) is 19.1 Å². The van der Waals surface area contributed by atoms with Gasteiger partial charge in [0.25, 0.3) is 5.56 Å². The average molecular weight is 411 g/mol. The summed E-state index contributed by atoms with van der Waals surface area (Å²) < 4.78 is 16.9. The molecule has 0 bridgehead atoms. The summed E-state index contributed by atoms with van der Waals surface area (Å²) in [7, 11) is 3.14. The van der Waals surface area contributed by atoms with Gasteiger partial charge in [0.15, 0.2) is 17.3 Å². The number of carbonyl (C=O) groups is 1. The summed E-state index contributed by atoms with van der Waals surface area (Å²) >= 11 is 1.22. The van der Waals surface area contributed by atoms with E-state index in [0.717, 1.165) is 5.56 Å². The van der Waals surface area contributed by atoms with Crippen molar-refractivity contribution in [2.45, 2.75) is 6.92 Å². The lowest BCUT2D eigenvalue weighted by Gasteiger charge is -2.09. The van der Waals surface area contributed by atoms with Crippen molar-refractivity contribution in [3.05, 3.63) is 73.1 Å². The maximum atomic E-state index is 12.4. The van der Waals surface area contributed by atoms with Gasteiger partial charge in [0, 0.05) is 11.6 Å². The van der Waals surface area contributed by atoms with Crippen molar-refractivity contribution in [2.75, 3.05) is 20.8 Å². The molecule has 3 rings (SSSR count). The molecule has 0 saturated heterocycles. The molecule has 1 aromatic heterocycles. The minimum Gasteiger partial charge on any atom is -0.497 e. The van der Waals surface area contributed by atoms with E-state index >= 15 is 0 Å². The number of nitrogens with one attached hydrogen (secondary N) is 1. The van der Waals surface area contributed by atoms with E-state index in [1.54, 1.807) is 50.6 Å². The molecule has 150 valence electrons. The second-order valence-electron chi connectivity index (χ2n) is 6.01. The average Bonchev–Trinajstić information content (AvgIpc) is 3.07. The lowest BCUT2D eigenvalue weighted by molar-refractivity contribution is 0.106. The Morgan fingerprint density at radius 1 is 1.07 bits per heavy atom. The first-order valence-electron chi connectivity index (χ1n) is 8.96. The van der Waals surface area contributed by atoms with Crippen LogP contribution in [0.5, 0.6) is 17.2 Å². The van der Waals surface area contributed by atoms with Crippen LogP contribution >= 0.6 is 11.3 Å². The Kier molecular flexibility index (Phi) is 6.51. The van der Waals surface area contributed by atoms with Crippen LogP contribution in [-0.4, -0.2) is 31.6 Å². The maximum absolute atomic E-state index is 12.4. The number of H-pyrrole nitrogens is 1. The SMILES string of the molecule is CCOc1cc(/C=c2/s/c(=C\C(=O)c3ccc(OC)cc3)[nH]c2=O)ccc1OC. The molecule has 0 radical (unpaired) electrons. The Morgan fingerprint density at radius 3 is 2.48 bits per heavy atom. The van der Waals surface area contributed by atoms with E-state index in [1.165, 1.54) is 17.4 Å². The van der Waals surface area contributed by atoms with Gasteiger partial charge in [-0.1, -0.05) is 6.07 Å². The molecule has 0 spiro atoms. The Hall–Kier alpha value is -3.32. The minimum atomic E-state index is -0.252. The van der Waals surface area contributed by atoms with E-state index in [4.69, 9.17) is 14.2 Å². The third-order valence-corrected chi connectivity index (χ3v) is 5.07. The predicted molar refractivity (Wildman–Crippen MR) is 114 cm³/mol. The monoisotopic (exact) mass is 411 g/mol. The van der Waals surface area contributed by atoms with Gasteiger partial charge in [0.1, 0.15) is 5.75 Å². The number of methoxy groups -OCH3 is 2. The summed E-state index contributed by atoms with van der Waals surface area (Å²) in [6.07, 6.45) is 3.17. The van der Waals surface area contributed by atoms with Crippen LogP contribution < -0.4 is 29.0 Å². The highest BCUT2D eigenvalue weighted by atomic mass is 32.1. The molecular formula is C22H21NO5S.